The maximum atomic E-state index is 12.2. The van der Waals surface area contributed by atoms with Crippen molar-refractivity contribution in [3.8, 4) is 5.75 Å². The highest BCUT2D eigenvalue weighted by Crippen LogP contribution is 2.36. The number of benzene rings is 4. The van der Waals surface area contributed by atoms with E-state index in [-0.39, 0.29) is 5.97 Å². The Kier molecular flexibility index (Phi) is 11.8. The van der Waals surface area contributed by atoms with E-state index in [1.807, 2.05) is 18.2 Å². The van der Waals surface area contributed by atoms with E-state index in [1.165, 1.54) is 40.5 Å². The average Bonchev–Trinajstić information content (AvgIpc) is 3.10. The van der Waals surface area contributed by atoms with Gasteiger partial charge in [-0.3, -0.25) is 4.90 Å². The Hall–Kier alpha value is -4.40. The summed E-state index contributed by atoms with van der Waals surface area (Å²) in [5.41, 5.74) is 8.26. The summed E-state index contributed by atoms with van der Waals surface area (Å²) in [5.74, 6) is 0.650. The van der Waals surface area contributed by atoms with Gasteiger partial charge in [0, 0.05) is 19.0 Å². The third-order valence-corrected chi connectivity index (χ3v) is 8.86. The molecule has 0 bridgehead atoms. The Morgan fingerprint density at radius 2 is 1.58 bits per heavy atom. The molecule has 1 aliphatic carbocycles. The van der Waals surface area contributed by atoms with Crippen molar-refractivity contribution in [2.45, 2.75) is 64.0 Å². The molecule has 5 heteroatoms. The Morgan fingerprint density at radius 3 is 2.36 bits per heavy atom. The van der Waals surface area contributed by atoms with Gasteiger partial charge in [0.05, 0.1) is 12.7 Å². The molecular weight excluding hydrogens is 556 g/mol. The molecule has 0 aromatic heterocycles. The highest BCUT2D eigenvalue weighted by Gasteiger charge is 2.27. The SMILES string of the molecule is [C-]#[N+]CCCCN(CCc1ccccc1OCc1ccc(CCc2ccccc2)cc1)C1CCCc2cc(C(=O)OC)ccc21. The fraction of sp³-hybridized carbons (Fsp3) is 0.350. The Bertz CT molecular complexity index is 1560. The smallest absolute Gasteiger partial charge is 0.337 e. The predicted molar refractivity (Wildman–Crippen MR) is 181 cm³/mol. The molecule has 5 nitrogen and oxygen atoms in total. The molecule has 0 fully saturated rings. The Morgan fingerprint density at radius 1 is 0.844 bits per heavy atom. The molecule has 1 atom stereocenters. The summed E-state index contributed by atoms with van der Waals surface area (Å²) in [6, 6.07) is 34.2. The number of ether oxygens (including phenoxy) is 2. The number of carbonyl (C=O) groups is 1. The van der Waals surface area contributed by atoms with E-state index in [4.69, 9.17) is 16.0 Å². The number of rotatable bonds is 15. The first-order valence-electron chi connectivity index (χ1n) is 16.3. The summed E-state index contributed by atoms with van der Waals surface area (Å²) >= 11 is 0. The fourth-order valence-corrected chi connectivity index (χ4v) is 6.35. The van der Waals surface area contributed by atoms with Crippen LogP contribution < -0.4 is 4.74 Å². The third kappa shape index (κ3) is 9.06. The Labute approximate surface area is 268 Å². The van der Waals surface area contributed by atoms with Crippen LogP contribution in [0.1, 0.15) is 75.5 Å². The van der Waals surface area contributed by atoms with Crippen LogP contribution in [0.5, 0.6) is 5.75 Å². The van der Waals surface area contributed by atoms with Crippen LogP contribution in [0.15, 0.2) is 97.1 Å². The van der Waals surface area contributed by atoms with Crippen molar-refractivity contribution in [2.75, 3.05) is 26.7 Å². The molecule has 0 saturated carbocycles. The Balaban J connectivity index is 1.23. The van der Waals surface area contributed by atoms with Crippen LogP contribution in [-0.2, 0) is 37.0 Å². The van der Waals surface area contributed by atoms with Crippen molar-refractivity contribution >= 4 is 5.97 Å². The first-order chi connectivity index (χ1) is 22.1. The molecule has 0 heterocycles. The molecule has 1 aliphatic rings. The van der Waals surface area contributed by atoms with E-state index < -0.39 is 0 Å². The molecule has 5 rings (SSSR count). The number of nitrogens with zero attached hydrogens (tertiary/aromatic N) is 2. The standard InChI is InChI=1S/C40H44N2O3/c1-41-26-8-9-27-42(38-15-10-14-35-29-36(40(43)44-2)23-24-37(35)38)28-25-34-13-6-7-16-39(34)45-30-33-21-19-32(20-22-33)18-17-31-11-4-3-5-12-31/h3-7,11-13,16,19-24,29,38H,8-10,14-15,17-18,25-28,30H2,2H3. The molecule has 0 spiro atoms. The second kappa shape index (κ2) is 16.6. The zero-order valence-electron chi connectivity index (χ0n) is 26.4. The number of hydrogen-bond acceptors (Lipinski definition) is 4. The lowest BCUT2D eigenvalue weighted by molar-refractivity contribution is 0.0600. The maximum Gasteiger partial charge on any atom is 0.337 e. The summed E-state index contributed by atoms with van der Waals surface area (Å²) in [7, 11) is 1.43. The third-order valence-electron chi connectivity index (χ3n) is 8.86. The van der Waals surface area contributed by atoms with Crippen LogP contribution in [0.25, 0.3) is 4.85 Å². The van der Waals surface area contributed by atoms with Crippen LogP contribution >= 0.6 is 0 Å². The molecule has 0 aliphatic heterocycles. The minimum Gasteiger partial charge on any atom is -0.489 e. The van der Waals surface area contributed by atoms with Crippen molar-refractivity contribution in [2.24, 2.45) is 0 Å². The van der Waals surface area contributed by atoms with E-state index in [0.29, 0.717) is 24.8 Å². The van der Waals surface area contributed by atoms with Gasteiger partial charge in [-0.2, -0.15) is 0 Å². The first kappa shape index (κ1) is 32.0. The van der Waals surface area contributed by atoms with Gasteiger partial charge in [-0.25, -0.2) is 11.4 Å². The van der Waals surface area contributed by atoms with Gasteiger partial charge in [-0.05, 0) is 103 Å². The van der Waals surface area contributed by atoms with Gasteiger partial charge in [-0.15, -0.1) is 0 Å². The summed E-state index contributed by atoms with van der Waals surface area (Å²) < 4.78 is 11.4. The minimum absolute atomic E-state index is 0.286. The van der Waals surface area contributed by atoms with Crippen LogP contribution in [-0.4, -0.2) is 37.6 Å². The van der Waals surface area contributed by atoms with Crippen LogP contribution in [0.2, 0.25) is 0 Å². The summed E-state index contributed by atoms with van der Waals surface area (Å²) in [4.78, 5) is 18.3. The molecular formula is C40H44N2O3. The van der Waals surface area contributed by atoms with Crippen molar-refractivity contribution in [1.82, 2.24) is 4.90 Å². The van der Waals surface area contributed by atoms with Gasteiger partial charge < -0.3 is 14.3 Å². The second-order valence-electron chi connectivity index (χ2n) is 11.9. The molecule has 0 N–H and O–H groups in total. The van der Waals surface area contributed by atoms with E-state index in [2.05, 4.69) is 88.6 Å². The summed E-state index contributed by atoms with van der Waals surface area (Å²) in [6.07, 6.45) is 8.01. The van der Waals surface area contributed by atoms with E-state index in [9.17, 15) is 4.79 Å². The summed E-state index contributed by atoms with van der Waals surface area (Å²) in [6.45, 7) is 10.1. The van der Waals surface area contributed by atoms with Gasteiger partial charge >= 0.3 is 5.97 Å². The molecule has 232 valence electrons. The van der Waals surface area contributed by atoms with Crippen LogP contribution in [0.3, 0.4) is 0 Å². The van der Waals surface area contributed by atoms with E-state index >= 15 is 0 Å². The van der Waals surface area contributed by atoms with Crippen molar-refractivity contribution in [3.63, 3.8) is 0 Å². The lowest BCUT2D eigenvalue weighted by Crippen LogP contribution is -2.34. The van der Waals surface area contributed by atoms with Gasteiger partial charge in [0.15, 0.2) is 0 Å². The van der Waals surface area contributed by atoms with E-state index in [0.717, 1.165) is 70.2 Å². The molecule has 45 heavy (non-hydrogen) atoms. The largest absolute Gasteiger partial charge is 0.489 e. The minimum atomic E-state index is -0.286. The number of esters is 1. The number of carbonyl (C=O) groups excluding carboxylic acids is 1. The van der Waals surface area contributed by atoms with Gasteiger partial charge in [0.1, 0.15) is 12.4 Å². The first-order valence-corrected chi connectivity index (χ1v) is 16.3. The highest BCUT2D eigenvalue weighted by molar-refractivity contribution is 5.89. The normalized spacial score (nSPS) is 14.0. The molecule has 0 radical (unpaired) electrons. The predicted octanol–water partition coefficient (Wildman–Crippen LogP) is 8.46. The number of fused-ring (bicyclic) bond motifs is 1. The number of hydrogen-bond donors (Lipinski definition) is 0. The van der Waals surface area contributed by atoms with Gasteiger partial charge in [-0.1, -0.05) is 78.9 Å². The quantitative estimate of drug-likeness (QED) is 0.0780. The van der Waals surface area contributed by atoms with Crippen molar-refractivity contribution in [3.05, 3.63) is 147 Å². The van der Waals surface area contributed by atoms with Crippen LogP contribution in [0, 0.1) is 6.57 Å². The van der Waals surface area contributed by atoms with Crippen molar-refractivity contribution < 1.29 is 14.3 Å². The molecule has 0 saturated heterocycles. The zero-order valence-corrected chi connectivity index (χ0v) is 26.4. The lowest BCUT2D eigenvalue weighted by atomic mass is 9.85. The van der Waals surface area contributed by atoms with Gasteiger partial charge in [0.25, 0.3) is 0 Å². The number of unbranched alkanes of at least 4 members (excludes halogenated alkanes) is 1. The topological polar surface area (TPSA) is 43.1 Å². The molecule has 4 aromatic rings. The molecule has 0 amide bonds. The number of aryl methyl sites for hydroxylation is 3. The highest BCUT2D eigenvalue weighted by atomic mass is 16.5. The van der Waals surface area contributed by atoms with E-state index in [1.54, 1.807) is 0 Å². The maximum absolute atomic E-state index is 12.2. The number of para-hydroxylation sites is 1. The fourth-order valence-electron chi connectivity index (χ4n) is 6.35. The van der Waals surface area contributed by atoms with Crippen molar-refractivity contribution in [1.29, 1.82) is 0 Å². The zero-order chi connectivity index (χ0) is 31.3. The number of methoxy groups -OCH3 is 1. The average molecular weight is 601 g/mol. The molecule has 1 unspecified atom stereocenters. The molecule has 4 aromatic carbocycles. The van der Waals surface area contributed by atoms with Gasteiger partial charge in [0.2, 0.25) is 6.54 Å². The van der Waals surface area contributed by atoms with Crippen LogP contribution in [0.4, 0.5) is 0 Å². The lowest BCUT2D eigenvalue weighted by Gasteiger charge is -2.36. The summed E-state index contributed by atoms with van der Waals surface area (Å²) in [5, 5.41) is 0. The monoisotopic (exact) mass is 600 g/mol. The second-order valence-corrected chi connectivity index (χ2v) is 11.9.